The van der Waals surface area contributed by atoms with Crippen LogP contribution >= 0.6 is 0 Å². The van der Waals surface area contributed by atoms with Crippen molar-refractivity contribution in [2.45, 2.75) is 18.9 Å². The number of hydrogen-bond acceptors (Lipinski definition) is 5. The fourth-order valence-corrected chi connectivity index (χ4v) is 1.66. The van der Waals surface area contributed by atoms with Crippen molar-refractivity contribution in [2.24, 2.45) is 20.0 Å². The molecule has 17 heavy (non-hydrogen) atoms. The van der Waals surface area contributed by atoms with Gasteiger partial charge in [-0.05, 0) is 18.8 Å². The largest absolute Gasteiger partial charge is 0.391 e. The molecule has 2 N–H and O–H groups in total. The van der Waals surface area contributed by atoms with Gasteiger partial charge in [-0.3, -0.25) is 9.36 Å². The van der Waals surface area contributed by atoms with Crippen molar-refractivity contribution in [3.8, 4) is 0 Å². The highest BCUT2D eigenvalue weighted by Crippen LogP contribution is 2.32. The van der Waals surface area contributed by atoms with Gasteiger partial charge in [-0.1, -0.05) is 0 Å². The second-order valence-electron chi connectivity index (χ2n) is 4.40. The number of aryl methyl sites for hydroxylation is 1. The molecule has 0 spiro atoms. The van der Waals surface area contributed by atoms with Gasteiger partial charge >= 0.3 is 5.69 Å². The first-order chi connectivity index (χ1) is 8.00. The minimum Gasteiger partial charge on any atom is -0.391 e. The van der Waals surface area contributed by atoms with E-state index in [2.05, 4.69) is 10.4 Å². The quantitative estimate of drug-likeness (QED) is 0.680. The zero-order valence-electron chi connectivity index (χ0n) is 9.88. The molecule has 1 unspecified atom stereocenters. The van der Waals surface area contributed by atoms with Gasteiger partial charge < -0.3 is 10.4 Å². The first-order valence-electron chi connectivity index (χ1n) is 5.57. The average molecular weight is 240 g/mol. The first-order valence-corrected chi connectivity index (χ1v) is 5.57. The molecule has 1 atom stereocenters. The number of hydrogen-bond donors (Lipinski definition) is 2. The molecule has 1 aliphatic carbocycles. The first kappa shape index (κ1) is 11.8. The second kappa shape index (κ2) is 4.33. The number of anilines is 1. The Hall–Kier alpha value is -1.63. The standard InChI is InChI=1S/C10H16N4O3/c1-13-9(16)8(12-14(2)10(13)17)11-5-7(15)6-3-4-6/h6-7,15H,3-5H2,1-2H3,(H,11,12). The van der Waals surface area contributed by atoms with Crippen LogP contribution in [0.5, 0.6) is 0 Å². The van der Waals surface area contributed by atoms with Crippen LogP contribution in [0.3, 0.4) is 0 Å². The minimum atomic E-state index is -0.476. The minimum absolute atomic E-state index is 0.0919. The maximum absolute atomic E-state index is 11.7. The zero-order chi connectivity index (χ0) is 12.6. The monoisotopic (exact) mass is 240 g/mol. The van der Waals surface area contributed by atoms with Gasteiger partial charge in [0.05, 0.1) is 6.10 Å². The normalized spacial score (nSPS) is 16.9. The van der Waals surface area contributed by atoms with Crippen molar-refractivity contribution in [1.29, 1.82) is 0 Å². The molecular formula is C10H16N4O3. The maximum Gasteiger partial charge on any atom is 0.346 e. The van der Waals surface area contributed by atoms with Crippen molar-refractivity contribution < 1.29 is 5.11 Å². The lowest BCUT2D eigenvalue weighted by atomic mass is 10.2. The van der Waals surface area contributed by atoms with Crippen LogP contribution in [-0.2, 0) is 14.1 Å². The predicted octanol–water partition coefficient (Wildman–Crippen LogP) is -1.34. The van der Waals surface area contributed by atoms with Crippen molar-refractivity contribution in [1.82, 2.24) is 14.3 Å². The Bertz CT molecular complexity index is 529. The summed E-state index contributed by atoms with van der Waals surface area (Å²) in [7, 11) is 2.87. The van der Waals surface area contributed by atoms with Crippen LogP contribution in [-0.4, -0.2) is 32.1 Å². The maximum atomic E-state index is 11.7. The van der Waals surface area contributed by atoms with Crippen molar-refractivity contribution in [2.75, 3.05) is 11.9 Å². The van der Waals surface area contributed by atoms with Gasteiger partial charge in [-0.25, -0.2) is 9.48 Å². The molecule has 0 saturated heterocycles. The molecule has 2 rings (SSSR count). The lowest BCUT2D eigenvalue weighted by Gasteiger charge is -2.11. The molecule has 0 aromatic carbocycles. The Morgan fingerprint density at radius 1 is 1.47 bits per heavy atom. The van der Waals surface area contributed by atoms with Crippen molar-refractivity contribution in [3.63, 3.8) is 0 Å². The smallest absolute Gasteiger partial charge is 0.346 e. The summed E-state index contributed by atoms with van der Waals surface area (Å²) in [5, 5.41) is 16.3. The Morgan fingerprint density at radius 2 is 2.12 bits per heavy atom. The highest BCUT2D eigenvalue weighted by molar-refractivity contribution is 5.29. The summed E-state index contributed by atoms with van der Waals surface area (Å²) in [6.45, 7) is 0.283. The van der Waals surface area contributed by atoms with Crippen molar-refractivity contribution >= 4 is 5.82 Å². The molecule has 1 heterocycles. The van der Waals surface area contributed by atoms with E-state index in [9.17, 15) is 14.7 Å². The van der Waals surface area contributed by atoms with Crippen LogP contribution < -0.4 is 16.6 Å². The summed E-state index contributed by atoms with van der Waals surface area (Å²) < 4.78 is 2.08. The summed E-state index contributed by atoms with van der Waals surface area (Å²) in [5.41, 5.74) is -0.945. The SMILES string of the molecule is Cn1nc(NCC(O)C2CC2)c(=O)n(C)c1=O. The molecule has 1 saturated carbocycles. The third-order valence-electron chi connectivity index (χ3n) is 2.97. The Morgan fingerprint density at radius 3 is 2.71 bits per heavy atom. The summed E-state index contributed by atoms with van der Waals surface area (Å²) in [6.07, 6.45) is 1.60. The Labute approximate surface area is 97.7 Å². The van der Waals surface area contributed by atoms with E-state index in [1.807, 2.05) is 0 Å². The zero-order valence-corrected chi connectivity index (χ0v) is 9.88. The molecule has 0 amide bonds. The number of rotatable bonds is 4. The van der Waals surface area contributed by atoms with Crippen LogP contribution in [0.1, 0.15) is 12.8 Å². The van der Waals surface area contributed by atoms with Gasteiger partial charge in [0.1, 0.15) is 0 Å². The molecule has 1 aromatic rings. The fourth-order valence-electron chi connectivity index (χ4n) is 1.66. The van der Waals surface area contributed by atoms with Gasteiger partial charge in [-0.15, -0.1) is 5.10 Å². The average Bonchev–Trinajstić information content (AvgIpc) is 3.13. The summed E-state index contributed by atoms with van der Waals surface area (Å²) in [5.74, 6) is 0.424. The van der Waals surface area contributed by atoms with Crippen LogP contribution in [0.15, 0.2) is 9.59 Å². The summed E-state index contributed by atoms with van der Waals surface area (Å²) in [4.78, 5) is 23.1. The van der Waals surface area contributed by atoms with E-state index in [1.165, 1.54) is 14.1 Å². The number of nitrogens with zero attached hydrogens (tertiary/aromatic N) is 3. The van der Waals surface area contributed by atoms with E-state index in [4.69, 9.17) is 0 Å². The predicted molar refractivity (Wildman–Crippen MR) is 61.9 cm³/mol. The van der Waals surface area contributed by atoms with E-state index in [0.717, 1.165) is 22.1 Å². The second-order valence-corrected chi connectivity index (χ2v) is 4.40. The van der Waals surface area contributed by atoms with Crippen LogP contribution in [0.2, 0.25) is 0 Å². The van der Waals surface area contributed by atoms with Gasteiger partial charge in [0.2, 0.25) is 5.82 Å². The van der Waals surface area contributed by atoms with Gasteiger partial charge in [-0.2, -0.15) is 0 Å². The number of nitrogens with one attached hydrogen (secondary N) is 1. The summed E-state index contributed by atoms with van der Waals surface area (Å²) in [6, 6.07) is 0. The van der Waals surface area contributed by atoms with Crippen LogP contribution in [0, 0.1) is 5.92 Å². The fraction of sp³-hybridized carbons (Fsp3) is 0.700. The van der Waals surface area contributed by atoms with E-state index in [-0.39, 0.29) is 12.4 Å². The molecule has 94 valence electrons. The molecule has 1 aliphatic rings. The molecule has 7 nitrogen and oxygen atoms in total. The lowest BCUT2D eigenvalue weighted by Crippen LogP contribution is -2.40. The molecule has 1 aromatic heterocycles. The molecule has 1 fully saturated rings. The van der Waals surface area contributed by atoms with Crippen LogP contribution in [0.4, 0.5) is 5.82 Å². The third-order valence-corrected chi connectivity index (χ3v) is 2.97. The molecule has 7 heteroatoms. The molecule has 0 radical (unpaired) electrons. The molecule has 0 bridgehead atoms. The van der Waals surface area contributed by atoms with Crippen molar-refractivity contribution in [3.05, 3.63) is 20.8 Å². The van der Waals surface area contributed by atoms with Gasteiger partial charge in [0.15, 0.2) is 0 Å². The topological polar surface area (TPSA) is 89.2 Å². The number of aromatic nitrogens is 3. The number of aliphatic hydroxyl groups is 1. The highest BCUT2D eigenvalue weighted by atomic mass is 16.3. The van der Waals surface area contributed by atoms with E-state index < -0.39 is 17.4 Å². The molecular weight excluding hydrogens is 224 g/mol. The third kappa shape index (κ3) is 2.38. The lowest BCUT2D eigenvalue weighted by molar-refractivity contribution is 0.164. The Balaban J connectivity index is 2.15. The van der Waals surface area contributed by atoms with E-state index in [1.54, 1.807) is 0 Å². The molecule has 0 aliphatic heterocycles. The number of aliphatic hydroxyl groups excluding tert-OH is 1. The van der Waals surface area contributed by atoms with Gasteiger partial charge in [0, 0.05) is 20.6 Å². The highest BCUT2D eigenvalue weighted by Gasteiger charge is 2.29. The Kier molecular flexibility index (Phi) is 3.01. The van der Waals surface area contributed by atoms with Gasteiger partial charge in [0.25, 0.3) is 5.56 Å². The van der Waals surface area contributed by atoms with Crippen LogP contribution in [0.25, 0.3) is 0 Å². The van der Waals surface area contributed by atoms with E-state index >= 15 is 0 Å². The van der Waals surface area contributed by atoms with E-state index in [0.29, 0.717) is 5.92 Å². The summed E-state index contributed by atoms with van der Waals surface area (Å²) >= 11 is 0.